The van der Waals surface area contributed by atoms with Crippen LogP contribution < -0.4 is 9.64 Å². The minimum Gasteiger partial charge on any atom is -0.507 e. The summed E-state index contributed by atoms with van der Waals surface area (Å²) < 4.78 is 58.7. The summed E-state index contributed by atoms with van der Waals surface area (Å²) in [6, 6.07) is 5.43. The molecule has 0 radical (unpaired) electrons. The SMILES string of the molecule is CC[C@@H]1CC[C@H](F)[C@H](N(C)c2cnc(-c3ccc(-c4cnc(C(F)(F)F)c(OC)c4)cc3O)nn2)C1. The molecule has 0 aliphatic heterocycles. The van der Waals surface area contributed by atoms with E-state index in [4.69, 9.17) is 4.74 Å². The van der Waals surface area contributed by atoms with Crippen molar-refractivity contribution in [2.45, 2.75) is 51.0 Å². The average molecular weight is 506 g/mol. The predicted molar refractivity (Wildman–Crippen MR) is 126 cm³/mol. The molecule has 1 aromatic carbocycles. The van der Waals surface area contributed by atoms with Crippen molar-refractivity contribution < 1.29 is 27.4 Å². The zero-order valence-corrected chi connectivity index (χ0v) is 20.1. The zero-order chi connectivity index (χ0) is 26.0. The summed E-state index contributed by atoms with van der Waals surface area (Å²) in [6.07, 6.45) is 0.100. The van der Waals surface area contributed by atoms with Crippen molar-refractivity contribution in [3.8, 4) is 34.0 Å². The first-order chi connectivity index (χ1) is 17.1. The molecule has 4 rings (SSSR count). The van der Waals surface area contributed by atoms with Gasteiger partial charge in [0, 0.05) is 18.8 Å². The first kappa shape index (κ1) is 25.6. The molecule has 36 heavy (non-hydrogen) atoms. The van der Waals surface area contributed by atoms with E-state index in [2.05, 4.69) is 27.1 Å². The Morgan fingerprint density at radius 3 is 2.47 bits per heavy atom. The third-order valence-electron chi connectivity index (χ3n) is 6.74. The lowest BCUT2D eigenvalue weighted by atomic mass is 9.82. The van der Waals surface area contributed by atoms with Crippen LogP contribution in [0.4, 0.5) is 23.4 Å². The molecule has 1 saturated carbocycles. The van der Waals surface area contributed by atoms with E-state index in [9.17, 15) is 22.7 Å². The average Bonchev–Trinajstić information content (AvgIpc) is 2.87. The van der Waals surface area contributed by atoms with Gasteiger partial charge in [-0.15, -0.1) is 10.2 Å². The Kier molecular flexibility index (Phi) is 7.28. The van der Waals surface area contributed by atoms with E-state index in [1.54, 1.807) is 24.1 Å². The summed E-state index contributed by atoms with van der Waals surface area (Å²) in [6.45, 7) is 2.11. The fourth-order valence-corrected chi connectivity index (χ4v) is 4.56. The molecule has 0 amide bonds. The molecule has 0 bridgehead atoms. The van der Waals surface area contributed by atoms with E-state index in [0.717, 1.165) is 32.6 Å². The van der Waals surface area contributed by atoms with Crippen molar-refractivity contribution in [2.24, 2.45) is 5.92 Å². The molecule has 1 fully saturated rings. The highest BCUT2D eigenvalue weighted by atomic mass is 19.4. The first-order valence-electron chi connectivity index (χ1n) is 11.6. The number of nitrogens with zero attached hydrogens (tertiary/aromatic N) is 5. The van der Waals surface area contributed by atoms with Crippen molar-refractivity contribution in [3.63, 3.8) is 0 Å². The Hall–Kier alpha value is -3.50. The topological polar surface area (TPSA) is 84.3 Å². The maximum Gasteiger partial charge on any atom is 0.437 e. The number of benzene rings is 1. The number of methoxy groups -OCH3 is 1. The number of ether oxygens (including phenoxy) is 1. The molecule has 3 aromatic rings. The van der Waals surface area contributed by atoms with Crippen LogP contribution in [0, 0.1) is 5.92 Å². The molecule has 0 unspecified atom stereocenters. The van der Waals surface area contributed by atoms with E-state index < -0.39 is 23.8 Å². The molecule has 7 nitrogen and oxygen atoms in total. The van der Waals surface area contributed by atoms with Crippen LogP contribution in [0.25, 0.3) is 22.5 Å². The number of aromatic nitrogens is 4. The van der Waals surface area contributed by atoms with Gasteiger partial charge in [-0.2, -0.15) is 13.2 Å². The molecule has 192 valence electrons. The largest absolute Gasteiger partial charge is 0.507 e. The quantitative estimate of drug-likeness (QED) is 0.431. The van der Waals surface area contributed by atoms with Crippen LogP contribution in [0.1, 0.15) is 38.3 Å². The minimum absolute atomic E-state index is 0.159. The van der Waals surface area contributed by atoms with Crippen molar-refractivity contribution in [1.82, 2.24) is 20.2 Å². The predicted octanol–water partition coefficient (Wildman–Crippen LogP) is 5.69. The van der Waals surface area contributed by atoms with Crippen molar-refractivity contribution >= 4 is 5.82 Å². The highest BCUT2D eigenvalue weighted by Gasteiger charge is 2.36. The number of alkyl halides is 4. The van der Waals surface area contributed by atoms with Gasteiger partial charge in [0.15, 0.2) is 17.3 Å². The molecule has 11 heteroatoms. The lowest BCUT2D eigenvalue weighted by Gasteiger charge is -2.37. The van der Waals surface area contributed by atoms with Gasteiger partial charge >= 0.3 is 6.18 Å². The smallest absolute Gasteiger partial charge is 0.437 e. The van der Waals surface area contributed by atoms with E-state index in [1.807, 2.05) is 0 Å². The molecule has 1 N–H and O–H groups in total. The maximum absolute atomic E-state index is 14.6. The molecule has 2 heterocycles. The molecular weight excluding hydrogens is 478 g/mol. The lowest BCUT2D eigenvalue weighted by Crippen LogP contribution is -2.44. The second-order valence-corrected chi connectivity index (χ2v) is 8.93. The van der Waals surface area contributed by atoms with Gasteiger partial charge in [0.05, 0.1) is 24.9 Å². The van der Waals surface area contributed by atoms with E-state index in [-0.39, 0.29) is 17.6 Å². The standard InChI is InChI=1S/C25H27F4N5O2/c1-4-14-5-8-18(26)19(9-14)34(2)22-13-31-24(33-32-22)17-7-6-15(10-20(17)35)16-11-21(36-3)23(30-12-16)25(27,28)29/h6-7,10-14,18-19,35H,4-5,8-9H2,1-3H3/t14-,18+,19-/m1/s1. The Labute approximate surface area is 206 Å². The minimum atomic E-state index is -4.65. The molecule has 1 aliphatic carbocycles. The fraction of sp³-hybridized carbons (Fsp3) is 0.440. The van der Waals surface area contributed by atoms with Gasteiger partial charge in [-0.05, 0) is 48.9 Å². The van der Waals surface area contributed by atoms with Crippen LogP contribution >= 0.6 is 0 Å². The molecule has 0 spiro atoms. The Morgan fingerprint density at radius 2 is 1.86 bits per heavy atom. The van der Waals surface area contributed by atoms with Crippen molar-refractivity contribution in [3.05, 3.63) is 42.4 Å². The van der Waals surface area contributed by atoms with Crippen LogP contribution in [0.15, 0.2) is 36.7 Å². The normalized spacial score (nSPS) is 20.2. The molecule has 2 aromatic heterocycles. The van der Waals surface area contributed by atoms with Gasteiger partial charge in [-0.25, -0.2) is 14.4 Å². The summed E-state index contributed by atoms with van der Waals surface area (Å²) in [4.78, 5) is 9.56. The van der Waals surface area contributed by atoms with Gasteiger partial charge in [-0.1, -0.05) is 19.4 Å². The highest BCUT2D eigenvalue weighted by Crippen LogP contribution is 2.38. The van der Waals surface area contributed by atoms with E-state index in [0.29, 0.717) is 34.8 Å². The summed E-state index contributed by atoms with van der Waals surface area (Å²) in [7, 11) is 2.91. The fourth-order valence-electron chi connectivity index (χ4n) is 4.56. The number of aromatic hydroxyl groups is 1. The van der Waals surface area contributed by atoms with Gasteiger partial charge in [0.25, 0.3) is 0 Å². The van der Waals surface area contributed by atoms with Crippen LogP contribution in [0.5, 0.6) is 11.5 Å². The zero-order valence-electron chi connectivity index (χ0n) is 20.1. The van der Waals surface area contributed by atoms with Crippen LogP contribution in [0.3, 0.4) is 0 Å². The Bertz CT molecular complexity index is 1210. The number of halogens is 4. The summed E-state index contributed by atoms with van der Waals surface area (Å²) in [5, 5.41) is 18.9. The maximum atomic E-state index is 14.6. The van der Waals surface area contributed by atoms with E-state index in [1.165, 1.54) is 18.3 Å². The number of anilines is 1. The van der Waals surface area contributed by atoms with Gasteiger partial charge in [0.2, 0.25) is 0 Å². The van der Waals surface area contributed by atoms with Crippen molar-refractivity contribution in [1.29, 1.82) is 0 Å². The lowest BCUT2D eigenvalue weighted by molar-refractivity contribution is -0.142. The Morgan fingerprint density at radius 1 is 1.08 bits per heavy atom. The highest BCUT2D eigenvalue weighted by molar-refractivity contribution is 5.73. The number of hydrogen-bond donors (Lipinski definition) is 1. The third-order valence-corrected chi connectivity index (χ3v) is 6.74. The van der Waals surface area contributed by atoms with Gasteiger partial charge in [0.1, 0.15) is 17.7 Å². The third kappa shape index (κ3) is 5.19. The first-order valence-corrected chi connectivity index (χ1v) is 11.6. The molecule has 3 atom stereocenters. The number of rotatable bonds is 6. The van der Waals surface area contributed by atoms with Crippen LogP contribution in [-0.2, 0) is 6.18 Å². The van der Waals surface area contributed by atoms with Gasteiger partial charge < -0.3 is 14.7 Å². The molecule has 0 saturated heterocycles. The monoisotopic (exact) mass is 505 g/mol. The number of hydrogen-bond acceptors (Lipinski definition) is 7. The van der Waals surface area contributed by atoms with Crippen LogP contribution in [0.2, 0.25) is 0 Å². The number of phenolic OH excluding ortho intramolecular Hbond substituents is 1. The number of phenols is 1. The second kappa shape index (κ2) is 10.2. The summed E-state index contributed by atoms with van der Waals surface area (Å²) >= 11 is 0. The molecular formula is C25H27F4N5O2. The van der Waals surface area contributed by atoms with Crippen molar-refractivity contribution in [2.75, 3.05) is 19.1 Å². The van der Waals surface area contributed by atoms with Crippen LogP contribution in [-0.4, -0.2) is 51.6 Å². The van der Waals surface area contributed by atoms with Gasteiger partial charge in [-0.3, -0.25) is 0 Å². The Balaban J connectivity index is 1.55. The number of pyridine rings is 1. The van der Waals surface area contributed by atoms with E-state index >= 15 is 0 Å². The summed E-state index contributed by atoms with van der Waals surface area (Å²) in [5.41, 5.74) is -0.0794. The second-order valence-electron chi connectivity index (χ2n) is 8.93. The molecule has 1 aliphatic rings. The summed E-state index contributed by atoms with van der Waals surface area (Å²) in [5.74, 6) is 0.457.